The Hall–Kier alpha value is -4.64. The van der Waals surface area contributed by atoms with Crippen LogP contribution in [0.3, 0.4) is 0 Å². The Bertz CT molecular complexity index is 1690. The summed E-state index contributed by atoms with van der Waals surface area (Å²) in [7, 11) is 1.57. The lowest BCUT2D eigenvalue weighted by Gasteiger charge is -2.23. The zero-order valence-electron chi connectivity index (χ0n) is 27.4. The number of carbonyl (C=O) groups excluding carboxylic acids is 3. The van der Waals surface area contributed by atoms with Crippen LogP contribution < -0.4 is 25.3 Å². The summed E-state index contributed by atoms with van der Waals surface area (Å²) in [5.41, 5.74) is 4.39. The van der Waals surface area contributed by atoms with Crippen LogP contribution in [0.4, 0.5) is 0 Å². The monoisotopic (exact) mass is 629 g/mol. The number of carbonyl (C=O) groups is 3. The highest BCUT2D eigenvalue weighted by Crippen LogP contribution is 2.28. The van der Waals surface area contributed by atoms with Gasteiger partial charge in [-0.05, 0) is 81.1 Å². The minimum atomic E-state index is -0.680. The molecule has 2 aromatic carbocycles. The fourth-order valence-electron chi connectivity index (χ4n) is 5.85. The van der Waals surface area contributed by atoms with Crippen LogP contribution in [-0.2, 0) is 16.1 Å². The second kappa shape index (κ2) is 14.2. The van der Waals surface area contributed by atoms with Crippen LogP contribution in [0.1, 0.15) is 71.8 Å². The molecule has 4 atom stereocenters. The summed E-state index contributed by atoms with van der Waals surface area (Å²) in [5, 5.41) is 10.0. The molecule has 0 bridgehead atoms. The van der Waals surface area contributed by atoms with Gasteiger partial charge in [-0.2, -0.15) is 0 Å². The van der Waals surface area contributed by atoms with E-state index in [0.29, 0.717) is 30.0 Å². The fraction of sp³-hybridized carbons (Fsp3) is 0.429. The molecular weight excluding hydrogens is 584 g/mol. The van der Waals surface area contributed by atoms with E-state index >= 15 is 0 Å². The summed E-state index contributed by atoms with van der Waals surface area (Å²) in [6, 6.07) is 11.6. The van der Waals surface area contributed by atoms with Crippen molar-refractivity contribution in [2.24, 2.45) is 5.92 Å². The Kier molecular flexibility index (Phi) is 10.1. The molecule has 1 fully saturated rings. The lowest BCUT2D eigenvalue weighted by Crippen LogP contribution is -2.54. The standard InChI is InChI=1S/C35H44N6O5/c1-21(2)32(39-34(43)25-7-10-27(45-6)11-8-25)35(44)37-22(3)19-40-15-16-41(20-40)31-14-12-28(46-31)18-36-33(42)26-9-13-30-29(17-26)23(4)24(5)38-30/h7-11,13,15-17,20-22,28,31-32H,12,14,18-19H2,1-6H3,(H3-,36,37,38,39,42,43,44)/p+1. The first-order valence-electron chi connectivity index (χ1n) is 15.9. The van der Waals surface area contributed by atoms with Crippen molar-refractivity contribution in [1.82, 2.24) is 25.5 Å². The van der Waals surface area contributed by atoms with Gasteiger partial charge < -0.3 is 30.4 Å². The molecule has 4 N–H and O–H groups in total. The molecule has 244 valence electrons. The predicted octanol–water partition coefficient (Wildman–Crippen LogP) is 3.95. The molecule has 0 aliphatic carbocycles. The topological polar surface area (TPSA) is 130 Å². The van der Waals surface area contributed by atoms with Crippen molar-refractivity contribution in [1.29, 1.82) is 0 Å². The van der Waals surface area contributed by atoms with E-state index in [1.807, 2.05) is 73.7 Å². The highest BCUT2D eigenvalue weighted by Gasteiger charge is 2.31. The highest BCUT2D eigenvalue weighted by molar-refractivity contribution is 5.99. The Labute approximate surface area is 269 Å². The van der Waals surface area contributed by atoms with Crippen molar-refractivity contribution in [3.8, 4) is 5.75 Å². The van der Waals surface area contributed by atoms with Gasteiger partial charge in [0, 0.05) is 40.7 Å². The first-order valence-corrected chi connectivity index (χ1v) is 15.9. The molecule has 46 heavy (non-hydrogen) atoms. The van der Waals surface area contributed by atoms with Gasteiger partial charge in [-0.3, -0.25) is 14.4 Å². The van der Waals surface area contributed by atoms with Gasteiger partial charge in [0.25, 0.3) is 11.8 Å². The van der Waals surface area contributed by atoms with Crippen LogP contribution in [0, 0.1) is 19.8 Å². The van der Waals surface area contributed by atoms with Gasteiger partial charge >= 0.3 is 0 Å². The number of ether oxygens (including phenoxy) is 2. The van der Waals surface area contributed by atoms with Crippen molar-refractivity contribution in [2.75, 3.05) is 13.7 Å². The number of methoxy groups -OCH3 is 1. The average Bonchev–Trinajstić information content (AvgIpc) is 3.77. The quantitative estimate of drug-likeness (QED) is 0.176. The fourth-order valence-corrected chi connectivity index (χ4v) is 5.85. The van der Waals surface area contributed by atoms with Crippen LogP contribution in [0.25, 0.3) is 10.9 Å². The molecule has 0 radical (unpaired) electrons. The first-order chi connectivity index (χ1) is 22.0. The number of aromatic amines is 1. The molecular formula is C35H45N6O5+. The number of rotatable bonds is 12. The number of fused-ring (bicyclic) bond motifs is 1. The van der Waals surface area contributed by atoms with E-state index in [1.54, 1.807) is 31.4 Å². The lowest BCUT2D eigenvalue weighted by molar-refractivity contribution is -0.698. The number of aryl methyl sites for hydroxylation is 2. The second-order valence-electron chi connectivity index (χ2n) is 12.5. The molecule has 1 aliphatic rings. The Morgan fingerprint density at radius 3 is 2.48 bits per heavy atom. The van der Waals surface area contributed by atoms with Gasteiger partial charge in [-0.15, -0.1) is 0 Å². The zero-order valence-corrected chi connectivity index (χ0v) is 27.4. The number of imidazole rings is 1. The Morgan fingerprint density at radius 2 is 1.76 bits per heavy atom. The largest absolute Gasteiger partial charge is 0.497 e. The maximum Gasteiger partial charge on any atom is 0.251 e. The molecule has 3 heterocycles. The molecule has 11 heteroatoms. The molecule has 0 spiro atoms. The maximum atomic E-state index is 13.2. The molecule has 2 aromatic heterocycles. The Balaban J connectivity index is 1.09. The molecule has 5 rings (SSSR count). The summed E-state index contributed by atoms with van der Waals surface area (Å²) in [6.07, 6.45) is 7.34. The summed E-state index contributed by atoms with van der Waals surface area (Å²) in [6.45, 7) is 10.8. The van der Waals surface area contributed by atoms with Crippen LogP contribution in [0.15, 0.2) is 61.2 Å². The van der Waals surface area contributed by atoms with Gasteiger partial charge in [0.15, 0.2) is 0 Å². The minimum Gasteiger partial charge on any atom is -0.497 e. The van der Waals surface area contributed by atoms with Crippen molar-refractivity contribution in [3.63, 3.8) is 0 Å². The number of nitrogens with one attached hydrogen (secondary N) is 4. The number of hydrogen-bond donors (Lipinski definition) is 4. The Morgan fingerprint density at radius 1 is 1.02 bits per heavy atom. The number of amides is 3. The minimum absolute atomic E-state index is 0.0796. The van der Waals surface area contributed by atoms with E-state index in [0.717, 1.165) is 35.0 Å². The molecule has 4 unspecified atom stereocenters. The molecule has 3 amide bonds. The second-order valence-corrected chi connectivity index (χ2v) is 12.5. The SMILES string of the molecule is COc1ccc(C(=O)NC(C(=O)NC(C)C[n+]2ccn(C3CCC(CNC(=O)c4ccc5[nH]c(C)c(C)c5c4)O3)c2)C(C)C)cc1. The third-order valence-corrected chi connectivity index (χ3v) is 8.65. The van der Waals surface area contributed by atoms with E-state index in [4.69, 9.17) is 9.47 Å². The average molecular weight is 630 g/mol. The van der Waals surface area contributed by atoms with Gasteiger partial charge in [0.2, 0.25) is 18.5 Å². The molecule has 11 nitrogen and oxygen atoms in total. The van der Waals surface area contributed by atoms with Gasteiger partial charge in [-0.25, -0.2) is 9.13 Å². The van der Waals surface area contributed by atoms with Gasteiger partial charge in [0.1, 0.15) is 30.7 Å². The van der Waals surface area contributed by atoms with E-state index in [9.17, 15) is 14.4 Å². The van der Waals surface area contributed by atoms with Crippen molar-refractivity contribution in [2.45, 2.75) is 78.4 Å². The molecule has 1 aliphatic heterocycles. The van der Waals surface area contributed by atoms with Crippen LogP contribution in [0.2, 0.25) is 0 Å². The summed E-state index contributed by atoms with van der Waals surface area (Å²) in [4.78, 5) is 42.2. The number of benzene rings is 2. The van der Waals surface area contributed by atoms with Gasteiger partial charge in [-0.1, -0.05) is 13.8 Å². The van der Waals surface area contributed by atoms with Crippen molar-refractivity contribution >= 4 is 28.6 Å². The van der Waals surface area contributed by atoms with E-state index in [2.05, 4.69) is 27.9 Å². The van der Waals surface area contributed by atoms with Crippen LogP contribution in [0.5, 0.6) is 5.75 Å². The number of nitrogens with zero attached hydrogens (tertiary/aromatic N) is 2. The van der Waals surface area contributed by atoms with E-state index in [-0.39, 0.29) is 42.0 Å². The summed E-state index contributed by atoms with van der Waals surface area (Å²) < 4.78 is 15.5. The van der Waals surface area contributed by atoms with E-state index in [1.165, 1.54) is 0 Å². The molecule has 4 aromatic rings. The van der Waals surface area contributed by atoms with Crippen LogP contribution >= 0.6 is 0 Å². The summed E-state index contributed by atoms with van der Waals surface area (Å²) in [5.74, 6) is -0.0934. The van der Waals surface area contributed by atoms with Gasteiger partial charge in [0.05, 0.1) is 19.3 Å². The normalized spacial score (nSPS) is 17.5. The lowest BCUT2D eigenvalue weighted by atomic mass is 10.0. The maximum absolute atomic E-state index is 13.2. The van der Waals surface area contributed by atoms with Crippen molar-refractivity contribution in [3.05, 3.63) is 83.6 Å². The first kappa shape index (κ1) is 32.7. The number of aromatic nitrogens is 3. The van der Waals surface area contributed by atoms with E-state index < -0.39 is 6.04 Å². The number of hydrogen-bond acceptors (Lipinski definition) is 5. The third kappa shape index (κ3) is 7.59. The highest BCUT2D eigenvalue weighted by atomic mass is 16.5. The number of H-pyrrole nitrogens is 1. The predicted molar refractivity (Wildman–Crippen MR) is 175 cm³/mol. The van der Waals surface area contributed by atoms with Crippen LogP contribution in [-0.4, -0.2) is 59.1 Å². The smallest absolute Gasteiger partial charge is 0.251 e. The van der Waals surface area contributed by atoms with Crippen molar-refractivity contribution < 1.29 is 28.4 Å². The zero-order chi connectivity index (χ0) is 33.0. The third-order valence-electron chi connectivity index (χ3n) is 8.65. The molecule has 1 saturated heterocycles. The summed E-state index contributed by atoms with van der Waals surface area (Å²) >= 11 is 0. The molecule has 0 saturated carbocycles.